The first-order chi connectivity index (χ1) is 26.6. The van der Waals surface area contributed by atoms with Crippen molar-refractivity contribution < 1.29 is 36.6 Å². The lowest BCUT2D eigenvalue weighted by Crippen LogP contribution is -2.26. The van der Waals surface area contributed by atoms with Gasteiger partial charge in [-0.25, -0.2) is 16.8 Å². The Morgan fingerprint density at radius 2 is 0.946 bits per heavy atom. The minimum absolute atomic E-state index is 0.134. The smallest absolute Gasteiger partial charge is 0.303 e. The highest BCUT2D eigenvalue weighted by Gasteiger charge is 2.36. The van der Waals surface area contributed by atoms with Crippen LogP contribution in [0.4, 0.5) is 11.4 Å². The van der Waals surface area contributed by atoms with Crippen LogP contribution in [0.25, 0.3) is 0 Å². The highest BCUT2D eigenvalue weighted by atomic mass is 127. The van der Waals surface area contributed by atoms with Crippen LogP contribution in [-0.2, 0) is 29.6 Å². The van der Waals surface area contributed by atoms with Gasteiger partial charge in [0, 0.05) is 34.1 Å². The zero-order valence-corrected chi connectivity index (χ0v) is 37.1. The van der Waals surface area contributed by atoms with Crippen molar-refractivity contribution in [2.24, 2.45) is 0 Å². The van der Waals surface area contributed by atoms with Gasteiger partial charge in [0.15, 0.2) is 0 Å². The van der Waals surface area contributed by atoms with E-state index in [2.05, 4.69) is 55.8 Å². The second-order valence-corrected chi connectivity index (χ2v) is 20.0. The molecule has 0 aromatic heterocycles. The Bertz CT molecular complexity index is 2270. The van der Waals surface area contributed by atoms with Crippen LogP contribution >= 0.6 is 45.2 Å². The number of rotatable bonds is 14. The molecule has 0 saturated heterocycles. The minimum atomic E-state index is -3.66. The molecule has 0 radical (unpaired) electrons. The molecule has 2 unspecified atom stereocenters. The molecule has 2 heterocycles. The van der Waals surface area contributed by atoms with E-state index in [9.17, 15) is 26.4 Å². The second kappa shape index (κ2) is 19.4. The van der Waals surface area contributed by atoms with Crippen molar-refractivity contribution in [3.8, 4) is 0 Å². The number of carboxylic acids is 2. The lowest BCUT2D eigenvalue weighted by molar-refractivity contribution is -0.138. The molecule has 2 atom stereocenters. The molecule has 0 saturated carbocycles. The first-order valence-corrected chi connectivity index (χ1v) is 23.3. The van der Waals surface area contributed by atoms with Crippen molar-refractivity contribution in [1.29, 1.82) is 0 Å². The van der Waals surface area contributed by atoms with E-state index in [4.69, 9.17) is 10.2 Å². The standard InChI is InChI=1S/C21H25IN2O4S.C19H21IN2O4S/c1-24-18-9-6-5-8-16(18)21(23-13-7-3-2-4-10-20(25)26)17-12-11-15(22)14-19(17)29(24,27)28;1-22-16-7-3-2-6-14(16)19(21-11-5-4-8-18(23)24)15-10-9-13(20)12-17(15)27(22,25)26/h5-6,8-9,11-12,14,21,23H,2-4,7,10,13H2,1H3,(H,25,26);2-3,6-7,9-10,12,19,21H,4-5,8,11H2,1H3,(H,23,24). The third kappa shape index (κ3) is 10.2. The van der Waals surface area contributed by atoms with Gasteiger partial charge < -0.3 is 20.8 Å². The zero-order valence-electron chi connectivity index (χ0n) is 31.1. The van der Waals surface area contributed by atoms with E-state index in [1.807, 2.05) is 72.8 Å². The van der Waals surface area contributed by atoms with Crippen molar-refractivity contribution in [3.05, 3.63) is 114 Å². The molecular formula is C40H46I2N4O8S2. The average Bonchev–Trinajstić information content (AvgIpc) is 3.27. The fourth-order valence-electron chi connectivity index (χ4n) is 6.95. The van der Waals surface area contributed by atoms with E-state index in [0.29, 0.717) is 52.5 Å². The summed E-state index contributed by atoms with van der Waals surface area (Å²) in [5.74, 6) is -1.56. The van der Waals surface area contributed by atoms with Gasteiger partial charge in [0.1, 0.15) is 0 Å². The summed E-state index contributed by atoms with van der Waals surface area (Å²) in [4.78, 5) is 21.9. The van der Waals surface area contributed by atoms with Crippen LogP contribution in [0.3, 0.4) is 0 Å². The number of halogens is 2. The summed E-state index contributed by atoms with van der Waals surface area (Å²) < 4.78 is 57.2. The fraction of sp³-hybridized carbons (Fsp3) is 0.350. The van der Waals surface area contributed by atoms with Gasteiger partial charge in [-0.2, -0.15) is 0 Å². The second-order valence-electron chi connectivity index (χ2n) is 13.6. The molecule has 4 N–H and O–H groups in total. The van der Waals surface area contributed by atoms with Crippen molar-refractivity contribution in [1.82, 2.24) is 10.6 Å². The molecule has 0 spiro atoms. The Labute approximate surface area is 356 Å². The summed E-state index contributed by atoms with van der Waals surface area (Å²) in [5, 5.41) is 24.5. The van der Waals surface area contributed by atoms with Gasteiger partial charge in [0.05, 0.1) is 33.2 Å². The van der Waals surface area contributed by atoms with Crippen LogP contribution in [0.1, 0.15) is 85.7 Å². The Morgan fingerprint density at radius 3 is 1.38 bits per heavy atom. The normalized spacial score (nSPS) is 17.5. The maximum atomic E-state index is 13.2. The van der Waals surface area contributed by atoms with E-state index in [1.165, 1.54) is 8.61 Å². The van der Waals surface area contributed by atoms with Gasteiger partial charge >= 0.3 is 11.9 Å². The minimum Gasteiger partial charge on any atom is -0.481 e. The molecule has 0 bridgehead atoms. The number of carboxylic acid groups (broad SMARTS) is 2. The maximum absolute atomic E-state index is 13.2. The van der Waals surface area contributed by atoms with Gasteiger partial charge in [0.25, 0.3) is 20.0 Å². The number of nitrogens with zero attached hydrogens (tertiary/aromatic N) is 2. The zero-order chi connectivity index (χ0) is 40.6. The van der Waals surface area contributed by atoms with Crippen LogP contribution in [0.15, 0.2) is 94.7 Å². The van der Waals surface area contributed by atoms with Crippen molar-refractivity contribution in [3.63, 3.8) is 0 Å². The number of benzene rings is 4. The summed E-state index contributed by atoms with van der Waals surface area (Å²) >= 11 is 4.25. The molecule has 0 aliphatic carbocycles. The van der Waals surface area contributed by atoms with Crippen LogP contribution in [0.2, 0.25) is 0 Å². The third-order valence-electron chi connectivity index (χ3n) is 9.86. The van der Waals surface area contributed by atoms with Gasteiger partial charge in [-0.05, 0) is 143 Å². The Hall–Kier alpha value is -3.30. The number of fused-ring (bicyclic) bond motifs is 4. The quantitative estimate of drug-likeness (QED) is 0.0732. The molecule has 0 amide bonds. The third-order valence-corrected chi connectivity index (χ3v) is 14.9. The highest BCUT2D eigenvalue weighted by molar-refractivity contribution is 14.1. The van der Waals surface area contributed by atoms with Crippen molar-refractivity contribution in [2.75, 3.05) is 35.8 Å². The molecule has 4 aromatic carbocycles. The van der Waals surface area contributed by atoms with Crippen LogP contribution in [0.5, 0.6) is 0 Å². The molecule has 4 aromatic rings. The topological polar surface area (TPSA) is 173 Å². The Morgan fingerprint density at radius 1 is 0.571 bits per heavy atom. The molecule has 16 heteroatoms. The summed E-state index contributed by atoms with van der Waals surface area (Å²) in [5.41, 5.74) is 4.62. The number of aliphatic carboxylic acids is 2. The first-order valence-electron chi connectivity index (χ1n) is 18.3. The SMILES string of the molecule is CN1c2ccccc2C(NCCCCC(=O)O)c2ccc(I)cc2S1(=O)=O.CN1c2ccccc2C(NCCCCCCC(=O)O)c2ccc(I)cc2S1(=O)=O. The predicted octanol–water partition coefficient (Wildman–Crippen LogP) is 7.51. The number of carbonyl (C=O) groups is 2. The summed E-state index contributed by atoms with van der Waals surface area (Å²) in [6.07, 6.45) is 5.02. The number of para-hydroxylation sites is 2. The molecule has 0 fully saturated rings. The lowest BCUT2D eigenvalue weighted by Gasteiger charge is -2.22. The number of unbranched alkanes of at least 4 members (excludes halogenated alkanes) is 4. The van der Waals surface area contributed by atoms with Crippen LogP contribution in [0, 0.1) is 7.14 Å². The van der Waals surface area contributed by atoms with E-state index >= 15 is 0 Å². The summed E-state index contributed by atoms with van der Waals surface area (Å²) in [6, 6.07) is 25.6. The molecule has 300 valence electrons. The van der Waals surface area contributed by atoms with Crippen LogP contribution in [-0.4, -0.2) is 66.2 Å². The van der Waals surface area contributed by atoms with Crippen molar-refractivity contribution in [2.45, 2.75) is 73.2 Å². The first kappa shape index (κ1) is 43.8. The highest BCUT2D eigenvalue weighted by Crippen LogP contribution is 2.42. The van der Waals surface area contributed by atoms with E-state index in [1.54, 1.807) is 26.2 Å². The molecular weight excluding hydrogens is 982 g/mol. The molecule has 56 heavy (non-hydrogen) atoms. The summed E-state index contributed by atoms with van der Waals surface area (Å²) in [7, 11) is -4.13. The Kier molecular flexibility index (Phi) is 15.2. The molecule has 2 aliphatic rings. The largest absolute Gasteiger partial charge is 0.481 e. The number of sulfonamides is 2. The van der Waals surface area contributed by atoms with Gasteiger partial charge in [-0.3, -0.25) is 18.2 Å². The van der Waals surface area contributed by atoms with E-state index < -0.39 is 32.0 Å². The fourth-order valence-corrected chi connectivity index (χ4v) is 11.3. The van der Waals surface area contributed by atoms with Gasteiger partial charge in [-0.1, -0.05) is 61.4 Å². The average molecular weight is 1030 g/mol. The number of hydrogen-bond donors (Lipinski definition) is 4. The monoisotopic (exact) mass is 1030 g/mol. The molecule has 12 nitrogen and oxygen atoms in total. The molecule has 2 aliphatic heterocycles. The van der Waals surface area contributed by atoms with Gasteiger partial charge in [0.2, 0.25) is 0 Å². The predicted molar refractivity (Wildman–Crippen MR) is 234 cm³/mol. The lowest BCUT2D eigenvalue weighted by atomic mass is 9.96. The molecule has 6 rings (SSSR count). The van der Waals surface area contributed by atoms with Gasteiger partial charge in [-0.15, -0.1) is 0 Å². The van der Waals surface area contributed by atoms with E-state index in [0.717, 1.165) is 49.6 Å². The summed E-state index contributed by atoms with van der Waals surface area (Å²) in [6.45, 7) is 1.32. The van der Waals surface area contributed by atoms with E-state index in [-0.39, 0.29) is 24.9 Å². The Balaban J connectivity index is 0.000000215. The van der Waals surface area contributed by atoms with Crippen molar-refractivity contribution >= 4 is 88.5 Å². The number of anilines is 2. The maximum Gasteiger partial charge on any atom is 0.303 e. The number of nitrogens with one attached hydrogen (secondary N) is 2. The number of hydrogen-bond acceptors (Lipinski definition) is 8. The van der Waals surface area contributed by atoms with Crippen LogP contribution < -0.4 is 19.2 Å².